The molecule has 4 nitrogen and oxygen atoms in total. The van der Waals surface area contributed by atoms with Crippen LogP contribution in [-0.4, -0.2) is 35.0 Å². The highest BCUT2D eigenvalue weighted by Crippen LogP contribution is 2.49. The van der Waals surface area contributed by atoms with Crippen LogP contribution in [0.1, 0.15) is 36.3 Å². The molecule has 1 saturated heterocycles. The highest BCUT2D eigenvalue weighted by atomic mass is 19.2. The van der Waals surface area contributed by atoms with Crippen molar-refractivity contribution in [2.45, 2.75) is 30.6 Å². The third kappa shape index (κ3) is 3.17. The van der Waals surface area contributed by atoms with Gasteiger partial charge in [0, 0.05) is 19.0 Å². The van der Waals surface area contributed by atoms with Gasteiger partial charge in [0.2, 0.25) is 5.91 Å². The summed E-state index contributed by atoms with van der Waals surface area (Å²) >= 11 is 0. The molecule has 0 spiro atoms. The van der Waals surface area contributed by atoms with Crippen LogP contribution in [-0.2, 0) is 15.0 Å². The number of benzene rings is 2. The Hall–Kier alpha value is -2.76. The minimum atomic E-state index is -0.971. The molecule has 2 unspecified atom stereocenters. The molecule has 2 fully saturated rings. The molecule has 0 aromatic heterocycles. The first kappa shape index (κ1) is 18.6. The molecule has 146 valence electrons. The lowest BCUT2D eigenvalue weighted by Crippen LogP contribution is -2.49. The Kier molecular flexibility index (Phi) is 4.65. The van der Waals surface area contributed by atoms with E-state index in [2.05, 4.69) is 0 Å². The SMILES string of the molecule is O=C(C1CC1c1ccc(F)c(F)c1)N1CCC(C(=O)O)(c2ccccc2)CC1. The second-order valence-corrected chi connectivity index (χ2v) is 7.70. The highest BCUT2D eigenvalue weighted by Gasteiger charge is 2.49. The van der Waals surface area contributed by atoms with E-state index >= 15 is 0 Å². The van der Waals surface area contributed by atoms with Crippen LogP contribution < -0.4 is 0 Å². The lowest BCUT2D eigenvalue weighted by atomic mass is 9.73. The Morgan fingerprint density at radius 1 is 1.00 bits per heavy atom. The number of hydrogen-bond donors (Lipinski definition) is 1. The van der Waals surface area contributed by atoms with Crippen LogP contribution in [0, 0.1) is 17.6 Å². The van der Waals surface area contributed by atoms with Crippen LogP contribution in [0.3, 0.4) is 0 Å². The van der Waals surface area contributed by atoms with Crippen LogP contribution in [0.15, 0.2) is 48.5 Å². The Labute approximate surface area is 161 Å². The lowest BCUT2D eigenvalue weighted by Gasteiger charge is -2.39. The molecule has 1 amide bonds. The molecule has 2 aliphatic rings. The van der Waals surface area contributed by atoms with Gasteiger partial charge in [0.05, 0.1) is 5.41 Å². The average molecular weight is 385 g/mol. The van der Waals surface area contributed by atoms with Crippen molar-refractivity contribution in [3.05, 3.63) is 71.3 Å². The van der Waals surface area contributed by atoms with Crippen molar-refractivity contribution in [1.82, 2.24) is 4.90 Å². The zero-order valence-corrected chi connectivity index (χ0v) is 15.3. The average Bonchev–Trinajstić information content (AvgIpc) is 3.51. The summed E-state index contributed by atoms with van der Waals surface area (Å²) in [6.07, 6.45) is 1.34. The molecule has 1 saturated carbocycles. The van der Waals surface area contributed by atoms with Crippen LogP contribution in [0.4, 0.5) is 8.78 Å². The van der Waals surface area contributed by atoms with Gasteiger partial charge in [0.25, 0.3) is 0 Å². The van der Waals surface area contributed by atoms with Crippen molar-refractivity contribution >= 4 is 11.9 Å². The second kappa shape index (κ2) is 7.00. The van der Waals surface area contributed by atoms with Gasteiger partial charge in [-0.3, -0.25) is 9.59 Å². The lowest BCUT2D eigenvalue weighted by molar-refractivity contribution is -0.148. The number of carboxylic acids is 1. The largest absolute Gasteiger partial charge is 0.481 e. The van der Waals surface area contributed by atoms with E-state index in [-0.39, 0.29) is 17.7 Å². The van der Waals surface area contributed by atoms with Gasteiger partial charge in [-0.15, -0.1) is 0 Å². The summed E-state index contributed by atoms with van der Waals surface area (Å²) in [6.45, 7) is 0.752. The van der Waals surface area contributed by atoms with E-state index in [1.807, 2.05) is 30.3 Å². The summed E-state index contributed by atoms with van der Waals surface area (Å²) in [5.74, 6) is -3.02. The van der Waals surface area contributed by atoms with Crippen molar-refractivity contribution in [2.75, 3.05) is 13.1 Å². The molecule has 1 heterocycles. The third-order valence-corrected chi connectivity index (χ3v) is 6.14. The van der Waals surface area contributed by atoms with E-state index in [4.69, 9.17) is 0 Å². The summed E-state index contributed by atoms with van der Waals surface area (Å²) in [5.41, 5.74) is 0.431. The zero-order valence-electron chi connectivity index (χ0n) is 15.3. The van der Waals surface area contributed by atoms with Crippen molar-refractivity contribution < 1.29 is 23.5 Å². The van der Waals surface area contributed by atoms with Crippen molar-refractivity contribution in [3.8, 4) is 0 Å². The maximum Gasteiger partial charge on any atom is 0.314 e. The molecule has 0 radical (unpaired) electrons. The van der Waals surface area contributed by atoms with Gasteiger partial charge in [-0.05, 0) is 48.4 Å². The first-order valence-corrected chi connectivity index (χ1v) is 9.45. The summed E-state index contributed by atoms with van der Waals surface area (Å²) in [7, 11) is 0. The highest BCUT2D eigenvalue weighted by molar-refractivity contribution is 5.85. The predicted molar refractivity (Wildman–Crippen MR) is 98.8 cm³/mol. The molecule has 6 heteroatoms. The Morgan fingerprint density at radius 2 is 1.68 bits per heavy atom. The fourth-order valence-corrected chi connectivity index (χ4v) is 4.31. The van der Waals surface area contributed by atoms with Gasteiger partial charge in [0.15, 0.2) is 11.6 Å². The van der Waals surface area contributed by atoms with E-state index in [0.29, 0.717) is 37.9 Å². The number of hydrogen-bond acceptors (Lipinski definition) is 2. The Bertz CT molecular complexity index is 907. The maximum atomic E-state index is 13.4. The Morgan fingerprint density at radius 3 is 2.29 bits per heavy atom. The first-order chi connectivity index (χ1) is 13.4. The number of amides is 1. The zero-order chi connectivity index (χ0) is 19.9. The molecule has 4 rings (SSSR count). The van der Waals surface area contributed by atoms with E-state index in [0.717, 1.165) is 17.7 Å². The normalized spacial score (nSPS) is 23.3. The maximum absolute atomic E-state index is 13.4. The van der Waals surface area contributed by atoms with Gasteiger partial charge in [0.1, 0.15) is 0 Å². The van der Waals surface area contributed by atoms with Crippen molar-refractivity contribution in [1.29, 1.82) is 0 Å². The molecular formula is C22H21F2NO3. The summed E-state index contributed by atoms with van der Waals surface area (Å²) in [4.78, 5) is 26.6. The summed E-state index contributed by atoms with van der Waals surface area (Å²) in [6, 6.07) is 12.9. The van der Waals surface area contributed by atoms with Crippen molar-refractivity contribution in [2.24, 2.45) is 5.92 Å². The van der Waals surface area contributed by atoms with Gasteiger partial charge in [-0.25, -0.2) is 8.78 Å². The first-order valence-electron chi connectivity index (χ1n) is 9.45. The molecule has 1 aliphatic heterocycles. The number of carbonyl (C=O) groups excluding carboxylic acids is 1. The molecule has 28 heavy (non-hydrogen) atoms. The van der Waals surface area contributed by atoms with Gasteiger partial charge >= 0.3 is 5.97 Å². The molecule has 2 aromatic carbocycles. The van der Waals surface area contributed by atoms with Gasteiger partial charge in [-0.1, -0.05) is 36.4 Å². The van der Waals surface area contributed by atoms with E-state index < -0.39 is 23.0 Å². The number of piperidine rings is 1. The number of carbonyl (C=O) groups is 2. The number of rotatable bonds is 4. The quantitative estimate of drug-likeness (QED) is 0.873. The Balaban J connectivity index is 1.43. The minimum Gasteiger partial charge on any atom is -0.481 e. The standard InChI is InChI=1S/C22H21F2NO3/c23-18-7-6-14(12-19(18)24)16-13-17(16)20(26)25-10-8-22(9-11-25,21(27)28)15-4-2-1-3-5-15/h1-7,12,16-17H,8-11,13H2,(H,27,28). The van der Waals surface area contributed by atoms with Crippen LogP contribution >= 0.6 is 0 Å². The van der Waals surface area contributed by atoms with Crippen molar-refractivity contribution in [3.63, 3.8) is 0 Å². The van der Waals surface area contributed by atoms with E-state index in [9.17, 15) is 23.5 Å². The second-order valence-electron chi connectivity index (χ2n) is 7.70. The van der Waals surface area contributed by atoms with Crippen LogP contribution in [0.25, 0.3) is 0 Å². The predicted octanol–water partition coefficient (Wildman–Crippen LogP) is 3.71. The molecule has 1 N–H and O–H groups in total. The summed E-state index contributed by atoms with van der Waals surface area (Å²) < 4.78 is 26.6. The van der Waals surface area contributed by atoms with Crippen LogP contribution in [0.2, 0.25) is 0 Å². The number of nitrogens with zero attached hydrogens (tertiary/aromatic N) is 1. The van der Waals surface area contributed by atoms with Gasteiger partial charge < -0.3 is 10.0 Å². The summed E-state index contributed by atoms with van der Waals surface area (Å²) in [5, 5.41) is 9.86. The topological polar surface area (TPSA) is 57.6 Å². The number of aliphatic carboxylic acids is 1. The van der Waals surface area contributed by atoms with Crippen LogP contribution in [0.5, 0.6) is 0 Å². The van der Waals surface area contributed by atoms with E-state index in [1.54, 1.807) is 4.90 Å². The monoisotopic (exact) mass is 385 g/mol. The molecule has 0 bridgehead atoms. The number of carboxylic acid groups (broad SMARTS) is 1. The third-order valence-electron chi connectivity index (χ3n) is 6.14. The molecule has 2 atom stereocenters. The van der Waals surface area contributed by atoms with Gasteiger partial charge in [-0.2, -0.15) is 0 Å². The fourth-order valence-electron chi connectivity index (χ4n) is 4.31. The molecule has 1 aliphatic carbocycles. The fraction of sp³-hybridized carbons (Fsp3) is 0.364. The smallest absolute Gasteiger partial charge is 0.314 e. The molecular weight excluding hydrogens is 364 g/mol. The number of halogens is 2. The minimum absolute atomic E-state index is 0.0261. The molecule has 2 aromatic rings. The van der Waals surface area contributed by atoms with E-state index in [1.165, 1.54) is 6.07 Å². The number of likely N-dealkylation sites (tertiary alicyclic amines) is 1.